The second kappa shape index (κ2) is 10.2. The van der Waals surface area contributed by atoms with E-state index in [2.05, 4.69) is 17.2 Å². The first kappa shape index (κ1) is 23.0. The van der Waals surface area contributed by atoms with Crippen molar-refractivity contribution in [1.29, 1.82) is 0 Å². The Labute approximate surface area is 197 Å². The molecule has 0 saturated carbocycles. The van der Waals surface area contributed by atoms with Crippen LogP contribution < -0.4 is 5.32 Å². The van der Waals surface area contributed by atoms with E-state index < -0.39 is 12.1 Å². The highest BCUT2D eigenvalue weighted by Crippen LogP contribution is 2.24. The van der Waals surface area contributed by atoms with Gasteiger partial charge in [-0.3, -0.25) is 4.98 Å². The molecule has 0 aliphatic heterocycles. The van der Waals surface area contributed by atoms with E-state index in [1.165, 1.54) is 0 Å². The molecule has 0 amide bonds. The third-order valence-corrected chi connectivity index (χ3v) is 5.95. The number of hydrogen-bond donors (Lipinski definition) is 3. The zero-order valence-electron chi connectivity index (χ0n) is 18.3. The Balaban J connectivity index is 1.47. The van der Waals surface area contributed by atoms with Crippen molar-refractivity contribution in [3.05, 3.63) is 100 Å². The minimum absolute atomic E-state index is 0.120. The van der Waals surface area contributed by atoms with E-state index in [-0.39, 0.29) is 11.7 Å². The van der Waals surface area contributed by atoms with Gasteiger partial charge in [0.15, 0.2) is 0 Å². The lowest BCUT2D eigenvalue weighted by atomic mass is 10.0. The summed E-state index contributed by atoms with van der Waals surface area (Å²) in [6, 6.07) is 18.9. The molecule has 0 saturated heterocycles. The van der Waals surface area contributed by atoms with Gasteiger partial charge in [-0.1, -0.05) is 29.8 Å². The van der Waals surface area contributed by atoms with E-state index in [4.69, 9.17) is 11.6 Å². The molecule has 4 aromatic rings. The highest BCUT2D eigenvalue weighted by molar-refractivity contribution is 6.30. The topological polar surface area (TPSA) is 87.4 Å². The molecule has 3 N–H and O–H groups in total. The zero-order chi connectivity index (χ0) is 23.4. The average Bonchev–Trinajstić information content (AvgIpc) is 3.16. The Morgan fingerprint density at radius 2 is 1.88 bits per heavy atom. The molecule has 2 atom stereocenters. The van der Waals surface area contributed by atoms with Crippen LogP contribution in [0.2, 0.25) is 5.02 Å². The molecule has 170 valence electrons. The fourth-order valence-corrected chi connectivity index (χ4v) is 4.23. The molecule has 6 nitrogen and oxygen atoms in total. The summed E-state index contributed by atoms with van der Waals surface area (Å²) < 4.78 is 1.82. The van der Waals surface area contributed by atoms with Crippen molar-refractivity contribution >= 4 is 28.5 Å². The van der Waals surface area contributed by atoms with Gasteiger partial charge in [0, 0.05) is 47.5 Å². The van der Waals surface area contributed by atoms with Crippen LogP contribution in [0.1, 0.15) is 40.2 Å². The van der Waals surface area contributed by atoms with Crippen LogP contribution in [0.5, 0.6) is 0 Å². The molecule has 0 radical (unpaired) electrons. The van der Waals surface area contributed by atoms with Gasteiger partial charge >= 0.3 is 5.97 Å². The number of aliphatic hydroxyl groups excluding tert-OH is 1. The smallest absolute Gasteiger partial charge is 0.352 e. The quantitative estimate of drug-likeness (QED) is 0.335. The number of pyridine rings is 1. The number of nitrogens with zero attached hydrogens (tertiary/aromatic N) is 2. The molecule has 4 rings (SSSR count). The molecule has 0 fully saturated rings. The minimum Gasteiger partial charge on any atom is -0.477 e. The summed E-state index contributed by atoms with van der Waals surface area (Å²) in [5.41, 5.74) is 4.00. The van der Waals surface area contributed by atoms with Crippen LogP contribution in [-0.2, 0) is 13.0 Å². The molecule has 0 bridgehead atoms. The third-order valence-electron chi connectivity index (χ3n) is 5.71. The SMILES string of the molecule is CC(Cc1ccc2c(c1)cc(C(=O)O)n2Cc1ccncc1)NCC(O)c1cccc(Cl)c1. The van der Waals surface area contributed by atoms with Crippen molar-refractivity contribution in [2.45, 2.75) is 32.0 Å². The summed E-state index contributed by atoms with van der Waals surface area (Å²) in [5.74, 6) is -0.952. The van der Waals surface area contributed by atoms with Crippen LogP contribution in [0.25, 0.3) is 10.9 Å². The van der Waals surface area contributed by atoms with Crippen LogP contribution in [0.15, 0.2) is 73.1 Å². The predicted octanol–water partition coefficient (Wildman–Crippen LogP) is 4.69. The van der Waals surface area contributed by atoms with Crippen LogP contribution in [0.4, 0.5) is 0 Å². The van der Waals surface area contributed by atoms with Gasteiger partial charge < -0.3 is 20.1 Å². The Kier molecular flexibility index (Phi) is 7.08. The number of nitrogens with one attached hydrogen (secondary N) is 1. The molecular formula is C26H26ClN3O3. The largest absolute Gasteiger partial charge is 0.477 e. The molecule has 2 aromatic heterocycles. The van der Waals surface area contributed by atoms with Crippen LogP contribution in [0, 0.1) is 0 Å². The van der Waals surface area contributed by atoms with Crippen LogP contribution in [-0.4, -0.2) is 38.3 Å². The number of rotatable bonds is 9. The normalized spacial score (nSPS) is 13.2. The third kappa shape index (κ3) is 5.60. The maximum atomic E-state index is 11.9. The van der Waals surface area contributed by atoms with Crippen LogP contribution in [0.3, 0.4) is 0 Å². The number of carboxylic acid groups (broad SMARTS) is 1. The summed E-state index contributed by atoms with van der Waals surface area (Å²) in [5, 5.41) is 25.0. The minimum atomic E-state index is -0.952. The van der Waals surface area contributed by atoms with E-state index in [0.29, 0.717) is 18.1 Å². The number of benzene rings is 2. The Morgan fingerprint density at radius 1 is 1.09 bits per heavy atom. The van der Waals surface area contributed by atoms with Crippen molar-refractivity contribution in [3.63, 3.8) is 0 Å². The summed E-state index contributed by atoms with van der Waals surface area (Å²) in [6.45, 7) is 2.94. The number of halogens is 1. The summed E-state index contributed by atoms with van der Waals surface area (Å²) in [7, 11) is 0. The molecule has 2 unspecified atom stereocenters. The first-order valence-electron chi connectivity index (χ1n) is 10.8. The number of carbonyl (C=O) groups is 1. The van der Waals surface area contributed by atoms with Gasteiger partial charge in [0.1, 0.15) is 5.69 Å². The molecule has 0 spiro atoms. The van der Waals surface area contributed by atoms with Gasteiger partial charge in [-0.2, -0.15) is 0 Å². The summed E-state index contributed by atoms with van der Waals surface area (Å²) in [4.78, 5) is 15.9. The van der Waals surface area contributed by atoms with E-state index in [1.807, 2.05) is 47.0 Å². The van der Waals surface area contributed by atoms with E-state index in [9.17, 15) is 15.0 Å². The molecular weight excluding hydrogens is 438 g/mol. The fraction of sp³-hybridized carbons (Fsp3) is 0.231. The zero-order valence-corrected chi connectivity index (χ0v) is 19.0. The molecule has 33 heavy (non-hydrogen) atoms. The van der Waals surface area contributed by atoms with Crippen molar-refractivity contribution < 1.29 is 15.0 Å². The van der Waals surface area contributed by atoms with Gasteiger partial charge in [0.25, 0.3) is 0 Å². The second-order valence-corrected chi connectivity index (χ2v) is 8.69. The number of fused-ring (bicyclic) bond motifs is 1. The monoisotopic (exact) mass is 463 g/mol. The van der Waals surface area contributed by atoms with Gasteiger partial charge in [0.05, 0.1) is 6.10 Å². The van der Waals surface area contributed by atoms with Crippen molar-refractivity contribution in [2.75, 3.05) is 6.54 Å². The lowest BCUT2D eigenvalue weighted by Gasteiger charge is -2.18. The van der Waals surface area contributed by atoms with Gasteiger partial charge in [0.2, 0.25) is 0 Å². The summed E-state index contributed by atoms with van der Waals surface area (Å²) in [6.07, 6.45) is 3.51. The lowest BCUT2D eigenvalue weighted by Crippen LogP contribution is -2.32. The van der Waals surface area contributed by atoms with Gasteiger partial charge in [-0.05, 0) is 72.5 Å². The van der Waals surface area contributed by atoms with E-state index >= 15 is 0 Å². The standard InChI is InChI=1S/C26H26ClN3O3/c1-17(29-15-25(31)20-3-2-4-22(27)13-20)11-19-5-6-23-21(12-19)14-24(26(32)33)30(23)16-18-7-9-28-10-8-18/h2-10,12-14,17,25,29,31H,11,15-16H2,1H3,(H,32,33). The second-order valence-electron chi connectivity index (χ2n) is 8.25. The number of carboxylic acids is 1. The van der Waals surface area contributed by atoms with Gasteiger partial charge in [-0.25, -0.2) is 4.79 Å². The molecule has 7 heteroatoms. The van der Waals surface area contributed by atoms with E-state index in [1.54, 1.807) is 30.6 Å². The highest BCUT2D eigenvalue weighted by atomic mass is 35.5. The Morgan fingerprint density at radius 3 is 2.61 bits per heavy atom. The molecule has 0 aliphatic carbocycles. The van der Waals surface area contributed by atoms with E-state index in [0.717, 1.165) is 34.0 Å². The maximum absolute atomic E-state index is 11.9. The number of aromatic nitrogens is 2. The maximum Gasteiger partial charge on any atom is 0.352 e. The molecule has 2 aromatic carbocycles. The first-order chi connectivity index (χ1) is 15.9. The Bertz CT molecular complexity index is 1260. The van der Waals surface area contributed by atoms with Gasteiger partial charge in [-0.15, -0.1) is 0 Å². The lowest BCUT2D eigenvalue weighted by molar-refractivity contribution is 0.0686. The highest BCUT2D eigenvalue weighted by Gasteiger charge is 2.16. The predicted molar refractivity (Wildman–Crippen MR) is 130 cm³/mol. The van der Waals surface area contributed by atoms with Crippen molar-refractivity contribution in [3.8, 4) is 0 Å². The number of hydrogen-bond acceptors (Lipinski definition) is 4. The molecule has 2 heterocycles. The van der Waals surface area contributed by atoms with Crippen molar-refractivity contribution in [1.82, 2.24) is 14.9 Å². The number of aliphatic hydroxyl groups is 1. The first-order valence-corrected chi connectivity index (χ1v) is 11.2. The van der Waals surface area contributed by atoms with Crippen molar-refractivity contribution in [2.24, 2.45) is 0 Å². The average molecular weight is 464 g/mol. The number of aromatic carboxylic acids is 1. The molecule has 0 aliphatic rings. The fourth-order valence-electron chi connectivity index (χ4n) is 4.04. The summed E-state index contributed by atoms with van der Waals surface area (Å²) >= 11 is 6.01. The van der Waals surface area contributed by atoms with Crippen LogP contribution >= 0.6 is 11.6 Å². The Hall–Kier alpha value is -3.19.